The quantitative estimate of drug-likeness (QED) is 0.459. The number of hydrogen-bond donors (Lipinski definition) is 1. The van der Waals surface area contributed by atoms with Crippen LogP contribution >= 0.6 is 11.6 Å². The number of nitrogens with two attached hydrogens (primary N) is 1. The van der Waals surface area contributed by atoms with Crippen molar-refractivity contribution in [2.45, 2.75) is 6.92 Å². The van der Waals surface area contributed by atoms with Crippen LogP contribution in [0.5, 0.6) is 0 Å². The highest BCUT2D eigenvalue weighted by atomic mass is 35.5. The lowest BCUT2D eigenvalue weighted by Crippen LogP contribution is -2.05. The largest absolute Gasteiger partial charge is 0.460 e. The Bertz CT molecular complexity index is 1150. The zero-order chi connectivity index (χ0) is 19.7. The molecule has 0 saturated heterocycles. The normalized spacial score (nSPS) is 10.9. The predicted octanol–water partition coefficient (Wildman–Crippen LogP) is 5.57. The summed E-state index contributed by atoms with van der Waals surface area (Å²) in [5.74, 6) is -0.639. The summed E-state index contributed by atoms with van der Waals surface area (Å²) >= 11 is 6.00. The Morgan fingerprint density at radius 2 is 1.82 bits per heavy atom. The van der Waals surface area contributed by atoms with Gasteiger partial charge in [-0.1, -0.05) is 54.1 Å². The van der Waals surface area contributed by atoms with Crippen molar-refractivity contribution in [3.05, 3.63) is 71.4 Å². The van der Waals surface area contributed by atoms with Crippen molar-refractivity contribution >= 4 is 34.4 Å². The van der Waals surface area contributed by atoms with E-state index in [4.69, 9.17) is 26.5 Å². The third kappa shape index (κ3) is 3.21. The van der Waals surface area contributed by atoms with Crippen LogP contribution in [-0.2, 0) is 4.74 Å². The van der Waals surface area contributed by atoms with E-state index in [-0.39, 0.29) is 23.8 Å². The van der Waals surface area contributed by atoms with Crippen LogP contribution in [0.2, 0.25) is 5.02 Å². The minimum atomic E-state index is -0.606. The van der Waals surface area contributed by atoms with Crippen LogP contribution in [0.25, 0.3) is 33.5 Å². The standard InChI is InChI=1S/C22H17ClN2O3/c1-2-27-22(26)20-19(24)18-16(13-6-4-3-5-7-13)12-17(25-21(18)28-20)14-8-10-15(23)11-9-14/h3-12H,2,24H2,1H3. The fourth-order valence-electron chi connectivity index (χ4n) is 3.08. The Balaban J connectivity index is 1.99. The van der Waals surface area contributed by atoms with Crippen LogP contribution in [0.15, 0.2) is 65.1 Å². The lowest BCUT2D eigenvalue weighted by atomic mass is 9.99. The summed E-state index contributed by atoms with van der Waals surface area (Å²) in [4.78, 5) is 16.8. The number of fused-ring (bicyclic) bond motifs is 1. The second kappa shape index (κ2) is 7.37. The molecular weight excluding hydrogens is 376 g/mol. The Morgan fingerprint density at radius 3 is 2.50 bits per heavy atom. The maximum absolute atomic E-state index is 12.2. The van der Waals surface area contributed by atoms with E-state index in [0.717, 1.165) is 16.7 Å². The highest BCUT2D eigenvalue weighted by Crippen LogP contribution is 2.38. The van der Waals surface area contributed by atoms with Gasteiger partial charge in [0, 0.05) is 10.6 Å². The van der Waals surface area contributed by atoms with E-state index in [0.29, 0.717) is 16.1 Å². The second-order valence-corrected chi connectivity index (χ2v) is 6.61. The molecule has 0 atom stereocenters. The molecule has 140 valence electrons. The number of nitrogens with zero attached hydrogens (tertiary/aromatic N) is 1. The molecule has 5 nitrogen and oxygen atoms in total. The van der Waals surface area contributed by atoms with Gasteiger partial charge in [0.2, 0.25) is 11.5 Å². The maximum atomic E-state index is 12.2. The first kappa shape index (κ1) is 18.1. The van der Waals surface area contributed by atoms with Gasteiger partial charge in [-0.3, -0.25) is 0 Å². The first-order valence-electron chi connectivity index (χ1n) is 8.80. The minimum Gasteiger partial charge on any atom is -0.460 e. The molecule has 0 aliphatic heterocycles. The molecule has 0 aliphatic rings. The average molecular weight is 393 g/mol. The molecule has 6 heteroatoms. The van der Waals surface area contributed by atoms with E-state index in [9.17, 15) is 4.79 Å². The van der Waals surface area contributed by atoms with Crippen molar-refractivity contribution in [3.63, 3.8) is 0 Å². The summed E-state index contributed by atoms with van der Waals surface area (Å²) in [5.41, 5.74) is 10.1. The molecule has 2 aromatic heterocycles. The second-order valence-electron chi connectivity index (χ2n) is 6.17. The number of furan rings is 1. The van der Waals surface area contributed by atoms with Gasteiger partial charge in [0.1, 0.15) is 0 Å². The van der Waals surface area contributed by atoms with Crippen molar-refractivity contribution in [1.29, 1.82) is 0 Å². The van der Waals surface area contributed by atoms with Crippen molar-refractivity contribution in [2.24, 2.45) is 0 Å². The number of carbonyl (C=O) groups is 1. The molecule has 0 spiro atoms. The Morgan fingerprint density at radius 1 is 1.11 bits per heavy atom. The molecule has 0 radical (unpaired) electrons. The van der Waals surface area contributed by atoms with E-state index in [2.05, 4.69) is 4.98 Å². The molecule has 0 aliphatic carbocycles. The monoisotopic (exact) mass is 392 g/mol. The molecule has 2 N–H and O–H groups in total. The molecule has 4 aromatic rings. The molecule has 0 saturated carbocycles. The van der Waals surface area contributed by atoms with Crippen LogP contribution in [-0.4, -0.2) is 17.6 Å². The molecule has 2 aromatic carbocycles. The minimum absolute atomic E-state index is 0.0326. The van der Waals surface area contributed by atoms with Gasteiger partial charge in [0.05, 0.1) is 23.4 Å². The number of benzene rings is 2. The van der Waals surface area contributed by atoms with Gasteiger partial charge in [-0.2, -0.15) is 0 Å². The first-order chi connectivity index (χ1) is 13.6. The Labute approximate surface area is 166 Å². The number of halogens is 1. The fourth-order valence-corrected chi connectivity index (χ4v) is 3.21. The SMILES string of the molecule is CCOC(=O)c1oc2nc(-c3ccc(Cl)cc3)cc(-c3ccccc3)c2c1N. The number of aromatic nitrogens is 1. The lowest BCUT2D eigenvalue weighted by molar-refractivity contribution is 0.0494. The summed E-state index contributed by atoms with van der Waals surface area (Å²) in [6.07, 6.45) is 0. The summed E-state index contributed by atoms with van der Waals surface area (Å²) in [7, 11) is 0. The van der Waals surface area contributed by atoms with Crippen LogP contribution in [0, 0.1) is 0 Å². The number of anilines is 1. The van der Waals surface area contributed by atoms with Gasteiger partial charge in [-0.05, 0) is 36.2 Å². The fraction of sp³-hybridized carbons (Fsp3) is 0.0909. The number of ether oxygens (including phenoxy) is 1. The van der Waals surface area contributed by atoms with Gasteiger partial charge in [0.25, 0.3) is 0 Å². The third-order valence-corrected chi connectivity index (χ3v) is 4.64. The number of nitrogen functional groups attached to an aromatic ring is 1. The zero-order valence-corrected chi connectivity index (χ0v) is 15.9. The van der Waals surface area contributed by atoms with Gasteiger partial charge in [0.15, 0.2) is 0 Å². The zero-order valence-electron chi connectivity index (χ0n) is 15.1. The van der Waals surface area contributed by atoms with Crippen molar-refractivity contribution in [2.75, 3.05) is 12.3 Å². The summed E-state index contributed by atoms with van der Waals surface area (Å²) in [5, 5.41) is 1.23. The average Bonchev–Trinajstić information content (AvgIpc) is 3.05. The summed E-state index contributed by atoms with van der Waals surface area (Å²) < 4.78 is 10.8. The van der Waals surface area contributed by atoms with Gasteiger partial charge >= 0.3 is 5.97 Å². The number of pyridine rings is 1. The summed E-state index contributed by atoms with van der Waals surface area (Å²) in [6, 6.07) is 19.0. The van der Waals surface area contributed by atoms with E-state index >= 15 is 0 Å². The van der Waals surface area contributed by atoms with Crippen LogP contribution in [0.1, 0.15) is 17.5 Å². The number of rotatable bonds is 4. The topological polar surface area (TPSA) is 78.3 Å². The van der Waals surface area contributed by atoms with E-state index in [1.165, 1.54) is 0 Å². The number of hydrogen-bond acceptors (Lipinski definition) is 5. The molecule has 2 heterocycles. The Kier molecular flexibility index (Phi) is 4.75. The lowest BCUT2D eigenvalue weighted by Gasteiger charge is -2.08. The van der Waals surface area contributed by atoms with E-state index < -0.39 is 5.97 Å². The molecule has 0 bridgehead atoms. The highest BCUT2D eigenvalue weighted by Gasteiger charge is 2.24. The molecule has 4 rings (SSSR count). The van der Waals surface area contributed by atoms with Crippen LogP contribution in [0.3, 0.4) is 0 Å². The van der Waals surface area contributed by atoms with E-state index in [1.54, 1.807) is 19.1 Å². The summed E-state index contributed by atoms with van der Waals surface area (Å²) in [6.45, 7) is 1.95. The van der Waals surface area contributed by atoms with Crippen LogP contribution in [0.4, 0.5) is 5.69 Å². The molecule has 0 amide bonds. The third-order valence-electron chi connectivity index (χ3n) is 4.38. The van der Waals surface area contributed by atoms with Crippen molar-refractivity contribution in [3.8, 4) is 22.4 Å². The van der Waals surface area contributed by atoms with Gasteiger partial charge in [-0.15, -0.1) is 0 Å². The van der Waals surface area contributed by atoms with Crippen molar-refractivity contribution in [1.82, 2.24) is 4.98 Å². The van der Waals surface area contributed by atoms with E-state index in [1.807, 2.05) is 48.5 Å². The number of carbonyl (C=O) groups excluding carboxylic acids is 1. The molecule has 0 unspecified atom stereocenters. The van der Waals surface area contributed by atoms with Gasteiger partial charge < -0.3 is 14.9 Å². The predicted molar refractivity (Wildman–Crippen MR) is 110 cm³/mol. The molecule has 28 heavy (non-hydrogen) atoms. The van der Waals surface area contributed by atoms with Gasteiger partial charge in [-0.25, -0.2) is 9.78 Å². The first-order valence-corrected chi connectivity index (χ1v) is 9.17. The molecule has 0 fully saturated rings. The highest BCUT2D eigenvalue weighted by molar-refractivity contribution is 6.30. The van der Waals surface area contributed by atoms with Crippen molar-refractivity contribution < 1.29 is 13.9 Å². The smallest absolute Gasteiger partial charge is 0.376 e. The van der Waals surface area contributed by atoms with Crippen LogP contribution < -0.4 is 5.73 Å². The number of esters is 1. The molecular formula is C22H17ClN2O3. The maximum Gasteiger partial charge on any atom is 0.376 e. The Hall–Kier alpha value is -3.31.